The van der Waals surface area contributed by atoms with Crippen LogP contribution in [0.4, 0.5) is 0 Å². The van der Waals surface area contributed by atoms with Crippen LogP contribution in [0.5, 0.6) is 0 Å². The Bertz CT molecular complexity index is 750. The Labute approximate surface area is 188 Å². The summed E-state index contributed by atoms with van der Waals surface area (Å²) in [5.41, 5.74) is 11.4. The molecule has 0 spiro atoms. The molecule has 0 unspecified atom stereocenters. The van der Waals surface area contributed by atoms with Crippen LogP contribution < -0.4 is 5.73 Å². The largest absolute Gasteiger partial charge is 0.481 e. The van der Waals surface area contributed by atoms with Crippen molar-refractivity contribution in [3.05, 3.63) is 70.8 Å². The molecule has 0 heterocycles. The second-order valence-corrected chi connectivity index (χ2v) is 9.02. The van der Waals surface area contributed by atoms with Gasteiger partial charge in [-0.15, -0.1) is 0 Å². The van der Waals surface area contributed by atoms with Crippen molar-refractivity contribution in [1.82, 2.24) is 4.90 Å². The number of carboxylic acid groups (broad SMARTS) is 1. The molecular formula is C27H40N2O2. The van der Waals surface area contributed by atoms with Crippen molar-refractivity contribution in [1.29, 1.82) is 0 Å². The van der Waals surface area contributed by atoms with Crippen molar-refractivity contribution < 1.29 is 9.90 Å². The molecule has 0 atom stereocenters. The Hall–Kier alpha value is -2.17. The molecule has 0 amide bonds. The van der Waals surface area contributed by atoms with Crippen molar-refractivity contribution in [2.24, 2.45) is 17.6 Å². The minimum Gasteiger partial charge on any atom is -0.481 e. The molecule has 4 heteroatoms. The number of hydrogen-bond donors (Lipinski definition) is 2. The quantitative estimate of drug-likeness (QED) is 0.583. The summed E-state index contributed by atoms with van der Waals surface area (Å²) >= 11 is 0. The third-order valence-corrected chi connectivity index (χ3v) is 6.10. The number of carbonyl (C=O) groups is 1. The monoisotopic (exact) mass is 424 g/mol. The fourth-order valence-electron chi connectivity index (χ4n) is 4.34. The molecule has 1 aliphatic carbocycles. The summed E-state index contributed by atoms with van der Waals surface area (Å²) in [6.07, 6.45) is 5.51. The molecule has 1 saturated carbocycles. The molecule has 2 aromatic carbocycles. The number of benzene rings is 2. The first-order valence-electron chi connectivity index (χ1n) is 11.6. The van der Waals surface area contributed by atoms with Gasteiger partial charge in [0.15, 0.2) is 0 Å². The lowest BCUT2D eigenvalue weighted by Gasteiger charge is -2.32. The van der Waals surface area contributed by atoms with E-state index in [0.29, 0.717) is 0 Å². The summed E-state index contributed by atoms with van der Waals surface area (Å²) in [6.45, 7) is 10.1. The molecule has 0 bridgehead atoms. The number of nitrogens with zero attached hydrogens (tertiary/aromatic N) is 1. The Morgan fingerprint density at radius 1 is 0.935 bits per heavy atom. The van der Waals surface area contributed by atoms with E-state index in [1.54, 1.807) is 6.92 Å². The third-order valence-electron chi connectivity index (χ3n) is 6.10. The Morgan fingerprint density at radius 2 is 1.39 bits per heavy atom. The normalized spacial score (nSPS) is 18.4. The van der Waals surface area contributed by atoms with Crippen LogP contribution in [0.3, 0.4) is 0 Å². The zero-order chi connectivity index (χ0) is 22.6. The molecule has 3 N–H and O–H groups in total. The predicted molar refractivity (Wildman–Crippen MR) is 129 cm³/mol. The van der Waals surface area contributed by atoms with Gasteiger partial charge in [-0.25, -0.2) is 0 Å². The Morgan fingerprint density at radius 3 is 1.77 bits per heavy atom. The van der Waals surface area contributed by atoms with Gasteiger partial charge in [0.25, 0.3) is 0 Å². The van der Waals surface area contributed by atoms with E-state index in [1.165, 1.54) is 54.5 Å². The number of hydrogen-bond acceptors (Lipinski definition) is 3. The van der Waals surface area contributed by atoms with Crippen molar-refractivity contribution in [3.8, 4) is 0 Å². The number of aliphatic carboxylic acids is 1. The minimum absolute atomic E-state index is 0.222. The molecule has 1 fully saturated rings. The zero-order valence-corrected chi connectivity index (χ0v) is 19.5. The summed E-state index contributed by atoms with van der Waals surface area (Å²) in [4.78, 5) is 12.0. The predicted octanol–water partition coefficient (Wildman–Crippen LogP) is 5.55. The minimum atomic E-state index is -0.745. The van der Waals surface area contributed by atoms with E-state index >= 15 is 0 Å². The second-order valence-electron chi connectivity index (χ2n) is 9.02. The SMILES string of the molecule is CCC(=O)O.Cc1cccc(CN(Cc2cccc(C)c2)CC2CCC(CN)CC2)c1. The first kappa shape index (κ1) is 25.1. The maximum absolute atomic E-state index is 9.37. The zero-order valence-electron chi connectivity index (χ0n) is 19.5. The fraction of sp³-hybridized carbons (Fsp3) is 0.519. The van der Waals surface area contributed by atoms with E-state index in [4.69, 9.17) is 10.8 Å². The second kappa shape index (κ2) is 13.3. The lowest BCUT2D eigenvalue weighted by Crippen LogP contribution is -2.32. The van der Waals surface area contributed by atoms with E-state index in [1.807, 2.05) is 0 Å². The maximum Gasteiger partial charge on any atom is 0.303 e. The highest BCUT2D eigenvalue weighted by Crippen LogP contribution is 2.29. The smallest absolute Gasteiger partial charge is 0.303 e. The van der Waals surface area contributed by atoms with Gasteiger partial charge in [-0.3, -0.25) is 9.69 Å². The molecule has 0 aliphatic heterocycles. The highest BCUT2D eigenvalue weighted by Gasteiger charge is 2.22. The van der Waals surface area contributed by atoms with Crippen molar-refractivity contribution in [2.45, 2.75) is 66.0 Å². The molecular weight excluding hydrogens is 384 g/mol. The number of rotatable bonds is 8. The molecule has 0 saturated heterocycles. The first-order valence-corrected chi connectivity index (χ1v) is 11.6. The lowest BCUT2D eigenvalue weighted by molar-refractivity contribution is -0.136. The van der Waals surface area contributed by atoms with E-state index < -0.39 is 5.97 Å². The van der Waals surface area contributed by atoms with Gasteiger partial charge in [0, 0.05) is 26.1 Å². The Kier molecular flexibility index (Phi) is 10.8. The van der Waals surface area contributed by atoms with E-state index in [9.17, 15) is 4.79 Å². The summed E-state index contributed by atoms with van der Waals surface area (Å²) < 4.78 is 0. The van der Waals surface area contributed by atoms with E-state index in [0.717, 1.165) is 31.5 Å². The summed E-state index contributed by atoms with van der Waals surface area (Å²) in [6, 6.07) is 17.9. The first-order chi connectivity index (χ1) is 14.9. The molecule has 3 rings (SSSR count). The average Bonchev–Trinajstić information content (AvgIpc) is 2.75. The van der Waals surface area contributed by atoms with Gasteiger partial charge >= 0.3 is 5.97 Å². The molecule has 4 nitrogen and oxygen atoms in total. The molecule has 1 aliphatic rings. The van der Waals surface area contributed by atoms with Gasteiger partial charge in [0.1, 0.15) is 0 Å². The van der Waals surface area contributed by atoms with Crippen molar-refractivity contribution in [2.75, 3.05) is 13.1 Å². The van der Waals surface area contributed by atoms with Crippen LogP contribution in [0.2, 0.25) is 0 Å². The standard InChI is InChI=1S/C24H34N2.C3H6O2/c1-19-5-3-7-23(13-19)17-26(18-24-8-4-6-20(2)14-24)16-22-11-9-21(15-25)10-12-22;1-2-3(4)5/h3-8,13-14,21-22H,9-12,15-18,25H2,1-2H3;2H2,1H3,(H,4,5). The van der Waals surface area contributed by atoms with E-state index in [-0.39, 0.29) is 6.42 Å². The number of carboxylic acids is 1. The third kappa shape index (κ3) is 9.67. The topological polar surface area (TPSA) is 66.6 Å². The van der Waals surface area contributed by atoms with Gasteiger partial charge in [-0.05, 0) is 69.0 Å². The maximum atomic E-state index is 9.37. The van der Waals surface area contributed by atoms with Crippen LogP contribution in [0, 0.1) is 25.7 Å². The van der Waals surface area contributed by atoms with Crippen LogP contribution in [-0.2, 0) is 17.9 Å². The van der Waals surface area contributed by atoms with Gasteiger partial charge < -0.3 is 10.8 Å². The van der Waals surface area contributed by atoms with Gasteiger partial charge in [-0.2, -0.15) is 0 Å². The van der Waals surface area contributed by atoms with Crippen LogP contribution in [0.15, 0.2) is 48.5 Å². The van der Waals surface area contributed by atoms with Gasteiger partial charge in [-0.1, -0.05) is 66.6 Å². The molecule has 2 aromatic rings. The molecule has 31 heavy (non-hydrogen) atoms. The number of aryl methyl sites for hydroxylation is 2. The van der Waals surface area contributed by atoms with Crippen LogP contribution in [0.1, 0.15) is 61.3 Å². The molecule has 170 valence electrons. The van der Waals surface area contributed by atoms with Crippen LogP contribution >= 0.6 is 0 Å². The van der Waals surface area contributed by atoms with Gasteiger partial charge in [0.2, 0.25) is 0 Å². The van der Waals surface area contributed by atoms with Crippen molar-refractivity contribution >= 4 is 5.97 Å². The molecule has 0 aromatic heterocycles. The highest BCUT2D eigenvalue weighted by molar-refractivity contribution is 5.66. The molecule has 0 radical (unpaired) electrons. The average molecular weight is 425 g/mol. The fourth-order valence-corrected chi connectivity index (χ4v) is 4.34. The Balaban J connectivity index is 0.000000614. The number of nitrogens with two attached hydrogens (primary N) is 1. The lowest BCUT2D eigenvalue weighted by atomic mass is 9.82. The summed E-state index contributed by atoms with van der Waals surface area (Å²) in [5, 5.41) is 7.72. The highest BCUT2D eigenvalue weighted by atomic mass is 16.4. The van der Waals surface area contributed by atoms with E-state index in [2.05, 4.69) is 67.3 Å². The van der Waals surface area contributed by atoms with Gasteiger partial charge in [0.05, 0.1) is 0 Å². The van der Waals surface area contributed by atoms with Crippen LogP contribution in [0.25, 0.3) is 0 Å². The van der Waals surface area contributed by atoms with Crippen LogP contribution in [-0.4, -0.2) is 29.1 Å². The summed E-state index contributed by atoms with van der Waals surface area (Å²) in [7, 11) is 0. The summed E-state index contributed by atoms with van der Waals surface area (Å²) in [5.74, 6) is 0.825. The van der Waals surface area contributed by atoms with Crippen molar-refractivity contribution in [3.63, 3.8) is 0 Å².